The van der Waals surface area contributed by atoms with Crippen molar-refractivity contribution in [3.8, 4) is 23.0 Å². The molecule has 0 spiro atoms. The Morgan fingerprint density at radius 3 is 1.28 bits per heavy atom. The summed E-state index contributed by atoms with van der Waals surface area (Å²) in [4.78, 5) is 0. The quantitative estimate of drug-likeness (QED) is 0.268. The molecule has 1 radical (unpaired) electrons. The van der Waals surface area contributed by atoms with Gasteiger partial charge in [0, 0.05) is 0 Å². The number of para-hydroxylation sites is 2. The molecule has 0 bridgehead atoms. The predicted octanol–water partition coefficient (Wildman–Crippen LogP) is 4.09. The number of benzene rings is 4. The van der Waals surface area contributed by atoms with Crippen LogP contribution in [-0.4, -0.2) is 23.2 Å². The summed E-state index contributed by atoms with van der Waals surface area (Å²) in [6, 6.07) is 31.3. The van der Waals surface area contributed by atoms with Crippen molar-refractivity contribution in [1.29, 1.82) is 0 Å². The van der Waals surface area contributed by atoms with E-state index in [0.29, 0.717) is 0 Å². The first-order valence-corrected chi connectivity index (χ1v) is 12.6. The second-order valence-electron chi connectivity index (χ2n) is 6.39. The number of nitrogen functional groups attached to an aromatic ring is 2. The zero-order valence-electron chi connectivity index (χ0n) is 15.7. The van der Waals surface area contributed by atoms with Gasteiger partial charge in [-0.25, -0.2) is 0 Å². The van der Waals surface area contributed by atoms with Crippen LogP contribution in [0.4, 0.5) is 11.4 Å². The Balaban J connectivity index is 1.58. The number of rotatable bonds is 6. The van der Waals surface area contributed by atoms with Crippen LogP contribution in [0.2, 0.25) is 0 Å². The topological polar surface area (TPSA) is 70.5 Å². The van der Waals surface area contributed by atoms with Crippen LogP contribution < -0.4 is 27.5 Å². The van der Waals surface area contributed by atoms with E-state index in [9.17, 15) is 0 Å². The third kappa shape index (κ3) is 5.07. The summed E-state index contributed by atoms with van der Waals surface area (Å²) in [6.45, 7) is 0. The van der Waals surface area contributed by atoms with E-state index in [1.54, 1.807) is 0 Å². The molecule has 4 aromatic rings. The maximum atomic E-state index is 6.14. The van der Waals surface area contributed by atoms with Gasteiger partial charge in [-0.15, -0.1) is 0 Å². The Morgan fingerprint density at radius 2 is 0.862 bits per heavy atom. The molecule has 0 amide bonds. The van der Waals surface area contributed by atoms with Gasteiger partial charge >= 0.3 is 182 Å². The SMILES string of the molecule is Nc1ccc(Oc2cccc[c]2[Bi][c]2ccccc2Oc2ccc(N)cc2)cc1. The fourth-order valence-corrected chi connectivity index (χ4v) is 6.78. The number of anilines is 2. The van der Waals surface area contributed by atoms with Crippen molar-refractivity contribution in [2.24, 2.45) is 0 Å². The van der Waals surface area contributed by atoms with Gasteiger partial charge < -0.3 is 0 Å². The van der Waals surface area contributed by atoms with Gasteiger partial charge in [-0.1, -0.05) is 0 Å². The fraction of sp³-hybridized carbons (Fsp3) is 0. The number of hydrogen-bond acceptors (Lipinski definition) is 4. The third-order valence-corrected chi connectivity index (χ3v) is 8.93. The first-order valence-electron chi connectivity index (χ1n) is 9.14. The van der Waals surface area contributed by atoms with E-state index in [4.69, 9.17) is 20.9 Å². The Bertz CT molecular complexity index is 1010. The first kappa shape index (κ1) is 19.3. The van der Waals surface area contributed by atoms with E-state index < -0.39 is 23.2 Å². The molecule has 0 aliphatic heterocycles. The molecule has 0 aliphatic carbocycles. The molecule has 0 heterocycles. The molecule has 0 aliphatic rings. The van der Waals surface area contributed by atoms with Crippen molar-refractivity contribution >= 4 is 41.2 Å². The molecular weight excluding hydrogens is 557 g/mol. The standard InChI is InChI=1S/2C12H10NO.Bi/c2*13-10-6-8-12(9-7-10)14-11-4-2-1-3-5-11;/h2*1-4,6-9H,13H2;. The molecule has 4 nitrogen and oxygen atoms in total. The van der Waals surface area contributed by atoms with E-state index in [1.165, 1.54) is 6.54 Å². The molecule has 4 aromatic carbocycles. The van der Waals surface area contributed by atoms with Crippen LogP contribution in [0.3, 0.4) is 0 Å². The summed E-state index contributed by atoms with van der Waals surface area (Å²) in [5.41, 5.74) is 13.0. The minimum absolute atomic E-state index is 0.719. The van der Waals surface area contributed by atoms with Gasteiger partial charge in [0.05, 0.1) is 0 Å². The van der Waals surface area contributed by atoms with Gasteiger partial charge in [0.15, 0.2) is 0 Å². The summed E-state index contributed by atoms with van der Waals surface area (Å²) in [5.74, 6) is 3.32. The van der Waals surface area contributed by atoms with Crippen LogP contribution in [-0.2, 0) is 0 Å². The summed E-state index contributed by atoms with van der Waals surface area (Å²) in [5, 5.41) is 0. The van der Waals surface area contributed by atoms with Crippen molar-refractivity contribution in [2.45, 2.75) is 0 Å². The van der Waals surface area contributed by atoms with Crippen molar-refractivity contribution in [2.75, 3.05) is 11.5 Å². The Morgan fingerprint density at radius 1 is 0.483 bits per heavy atom. The molecule has 143 valence electrons. The summed E-state index contributed by atoms with van der Waals surface area (Å²) < 4.78 is 14.8. The molecular formula is C24H20BiN2O2. The monoisotopic (exact) mass is 577 g/mol. The Labute approximate surface area is 181 Å². The normalized spacial score (nSPS) is 10.5. The fourth-order valence-electron chi connectivity index (χ4n) is 2.73. The third-order valence-electron chi connectivity index (χ3n) is 4.19. The second kappa shape index (κ2) is 8.98. The zero-order valence-corrected chi connectivity index (χ0v) is 19.1. The van der Waals surface area contributed by atoms with E-state index in [-0.39, 0.29) is 0 Å². The molecule has 4 N–H and O–H groups in total. The predicted molar refractivity (Wildman–Crippen MR) is 120 cm³/mol. The Kier molecular flexibility index (Phi) is 5.97. The molecule has 4 rings (SSSR count). The molecule has 0 saturated carbocycles. The average Bonchev–Trinajstić information content (AvgIpc) is 2.74. The van der Waals surface area contributed by atoms with Gasteiger partial charge in [0.2, 0.25) is 0 Å². The van der Waals surface area contributed by atoms with Crippen LogP contribution in [0, 0.1) is 0 Å². The number of hydrogen-bond donors (Lipinski definition) is 2. The van der Waals surface area contributed by atoms with Crippen molar-refractivity contribution in [3.63, 3.8) is 0 Å². The summed E-state index contributed by atoms with van der Waals surface area (Å²) in [6.07, 6.45) is 0. The van der Waals surface area contributed by atoms with Crippen LogP contribution in [0.1, 0.15) is 0 Å². The summed E-state index contributed by atoms with van der Waals surface area (Å²) >= 11 is -1.29. The number of ether oxygens (including phenoxy) is 2. The van der Waals surface area contributed by atoms with Gasteiger partial charge in [0.1, 0.15) is 0 Å². The van der Waals surface area contributed by atoms with Crippen molar-refractivity contribution < 1.29 is 9.47 Å². The molecule has 0 saturated heterocycles. The first-order chi connectivity index (χ1) is 14.2. The Hall–Kier alpha value is -3.04. The summed E-state index contributed by atoms with van der Waals surface area (Å²) in [7, 11) is 0. The van der Waals surface area contributed by atoms with Crippen molar-refractivity contribution in [3.05, 3.63) is 97.1 Å². The molecule has 29 heavy (non-hydrogen) atoms. The maximum absolute atomic E-state index is 6.14. The molecule has 5 heteroatoms. The molecule has 0 aromatic heterocycles. The van der Waals surface area contributed by atoms with Gasteiger partial charge in [-0.2, -0.15) is 0 Å². The molecule has 0 fully saturated rings. The van der Waals surface area contributed by atoms with Crippen LogP contribution >= 0.6 is 0 Å². The van der Waals surface area contributed by atoms with Crippen LogP contribution in [0.5, 0.6) is 23.0 Å². The van der Waals surface area contributed by atoms with E-state index in [0.717, 1.165) is 34.4 Å². The zero-order chi connectivity index (χ0) is 20.1. The molecule has 0 unspecified atom stereocenters. The molecule has 0 atom stereocenters. The van der Waals surface area contributed by atoms with Crippen LogP contribution in [0.15, 0.2) is 97.1 Å². The van der Waals surface area contributed by atoms with E-state index >= 15 is 0 Å². The van der Waals surface area contributed by atoms with Crippen molar-refractivity contribution in [1.82, 2.24) is 0 Å². The number of nitrogens with two attached hydrogens (primary N) is 2. The second-order valence-corrected chi connectivity index (χ2v) is 11.0. The van der Waals surface area contributed by atoms with Gasteiger partial charge in [-0.3, -0.25) is 0 Å². The van der Waals surface area contributed by atoms with Gasteiger partial charge in [0.25, 0.3) is 0 Å². The van der Waals surface area contributed by atoms with Crippen LogP contribution in [0.25, 0.3) is 0 Å². The van der Waals surface area contributed by atoms with E-state index in [1.807, 2.05) is 72.8 Å². The van der Waals surface area contributed by atoms with Gasteiger partial charge in [-0.05, 0) is 0 Å². The minimum atomic E-state index is -1.29. The van der Waals surface area contributed by atoms with E-state index in [2.05, 4.69) is 24.3 Å². The average molecular weight is 577 g/mol.